The summed E-state index contributed by atoms with van der Waals surface area (Å²) in [7, 11) is -3.43. The third-order valence-corrected chi connectivity index (χ3v) is 6.28. The number of hydrogen-bond donors (Lipinski definition) is 1. The summed E-state index contributed by atoms with van der Waals surface area (Å²) in [6.45, 7) is 5.76. The van der Waals surface area contributed by atoms with E-state index in [0.717, 1.165) is 44.8 Å². The Labute approximate surface area is 132 Å². The number of sulfonamides is 1. The Bertz CT molecular complexity index is 612. The molecule has 2 saturated heterocycles. The maximum absolute atomic E-state index is 12.4. The van der Waals surface area contributed by atoms with E-state index in [-0.39, 0.29) is 0 Å². The normalized spacial score (nSPS) is 25.8. The molecule has 2 heterocycles. The summed E-state index contributed by atoms with van der Waals surface area (Å²) in [5.74, 6) is 1.24. The van der Waals surface area contributed by atoms with Crippen LogP contribution >= 0.6 is 0 Å². The highest BCUT2D eigenvalue weighted by Gasteiger charge is 2.33. The molecule has 3 rings (SSSR count). The zero-order valence-corrected chi connectivity index (χ0v) is 13.8. The molecule has 1 aromatic rings. The molecular formula is C16H24N2O3S. The van der Waals surface area contributed by atoms with Gasteiger partial charge in [-0.05, 0) is 36.8 Å². The average molecular weight is 324 g/mol. The van der Waals surface area contributed by atoms with Crippen LogP contribution in [-0.2, 0) is 14.8 Å². The van der Waals surface area contributed by atoms with Crippen molar-refractivity contribution < 1.29 is 13.2 Å². The second kappa shape index (κ2) is 6.56. The van der Waals surface area contributed by atoms with Crippen molar-refractivity contribution in [1.29, 1.82) is 0 Å². The Morgan fingerprint density at radius 2 is 2.09 bits per heavy atom. The first-order chi connectivity index (χ1) is 10.6. The molecule has 1 N–H and O–H groups in total. The summed E-state index contributed by atoms with van der Waals surface area (Å²) in [4.78, 5) is 2.60. The Balaban J connectivity index is 1.81. The Kier molecular flexibility index (Phi) is 4.70. The second-order valence-corrected chi connectivity index (χ2v) is 7.82. The van der Waals surface area contributed by atoms with Gasteiger partial charge in [-0.3, -0.25) is 0 Å². The van der Waals surface area contributed by atoms with Crippen LogP contribution < -0.4 is 9.62 Å². The van der Waals surface area contributed by atoms with E-state index in [1.54, 1.807) is 19.1 Å². The fraction of sp³-hybridized carbons (Fsp3) is 0.625. The van der Waals surface area contributed by atoms with E-state index in [1.165, 1.54) is 0 Å². The Hall–Kier alpha value is -1.11. The SMILES string of the molecule is CCNS(=O)(=O)c1ccccc1N1CCC(C2CCOC2)C1. The zero-order valence-electron chi connectivity index (χ0n) is 13.0. The predicted octanol–water partition coefficient (Wildman–Crippen LogP) is 1.85. The second-order valence-electron chi connectivity index (χ2n) is 6.09. The number of hydrogen-bond acceptors (Lipinski definition) is 4. The van der Waals surface area contributed by atoms with Gasteiger partial charge in [-0.2, -0.15) is 0 Å². The molecule has 22 heavy (non-hydrogen) atoms. The lowest BCUT2D eigenvalue weighted by Gasteiger charge is -2.23. The number of anilines is 1. The maximum atomic E-state index is 12.4. The fourth-order valence-electron chi connectivity index (χ4n) is 3.53. The van der Waals surface area contributed by atoms with Crippen LogP contribution in [0.15, 0.2) is 29.2 Å². The molecule has 0 aromatic heterocycles. The van der Waals surface area contributed by atoms with Crippen molar-refractivity contribution in [3.63, 3.8) is 0 Å². The molecule has 0 spiro atoms. The minimum Gasteiger partial charge on any atom is -0.381 e. The van der Waals surface area contributed by atoms with Gasteiger partial charge in [0.2, 0.25) is 10.0 Å². The van der Waals surface area contributed by atoms with Crippen LogP contribution in [0.5, 0.6) is 0 Å². The van der Waals surface area contributed by atoms with Crippen molar-refractivity contribution in [1.82, 2.24) is 4.72 Å². The van der Waals surface area contributed by atoms with Gasteiger partial charge in [0.1, 0.15) is 4.90 Å². The molecule has 0 amide bonds. The molecule has 6 heteroatoms. The van der Waals surface area contributed by atoms with Crippen molar-refractivity contribution in [2.75, 3.05) is 37.7 Å². The van der Waals surface area contributed by atoms with Gasteiger partial charge in [-0.1, -0.05) is 19.1 Å². The van der Waals surface area contributed by atoms with Crippen molar-refractivity contribution in [3.05, 3.63) is 24.3 Å². The topological polar surface area (TPSA) is 58.6 Å². The molecular weight excluding hydrogens is 300 g/mol. The molecule has 2 atom stereocenters. The first-order valence-corrected chi connectivity index (χ1v) is 9.51. The van der Waals surface area contributed by atoms with Gasteiger partial charge in [0.05, 0.1) is 5.69 Å². The van der Waals surface area contributed by atoms with Crippen molar-refractivity contribution in [2.24, 2.45) is 11.8 Å². The molecule has 0 aliphatic carbocycles. The summed E-state index contributed by atoms with van der Waals surface area (Å²) < 4.78 is 32.9. The highest BCUT2D eigenvalue weighted by Crippen LogP contribution is 2.34. The molecule has 2 unspecified atom stereocenters. The standard InChI is InChI=1S/C16H24N2O3S/c1-2-17-22(19,20)16-6-4-3-5-15(16)18-9-7-13(11-18)14-8-10-21-12-14/h3-6,13-14,17H,2,7-12H2,1H3. The van der Waals surface area contributed by atoms with Crippen LogP contribution in [-0.4, -0.2) is 41.3 Å². The van der Waals surface area contributed by atoms with Crippen LogP contribution in [0.4, 0.5) is 5.69 Å². The lowest BCUT2D eigenvalue weighted by atomic mass is 9.91. The van der Waals surface area contributed by atoms with Gasteiger partial charge in [0, 0.05) is 32.8 Å². The van der Waals surface area contributed by atoms with Crippen LogP contribution in [0.2, 0.25) is 0 Å². The van der Waals surface area contributed by atoms with E-state index in [0.29, 0.717) is 23.3 Å². The van der Waals surface area contributed by atoms with Gasteiger partial charge < -0.3 is 9.64 Å². The molecule has 5 nitrogen and oxygen atoms in total. The average Bonchev–Trinajstić information content (AvgIpc) is 3.18. The number of rotatable bonds is 5. The first-order valence-electron chi connectivity index (χ1n) is 8.03. The van der Waals surface area contributed by atoms with Crippen LogP contribution in [0, 0.1) is 11.8 Å². The minimum atomic E-state index is -3.43. The fourth-order valence-corrected chi connectivity index (χ4v) is 4.79. The van der Waals surface area contributed by atoms with Crippen LogP contribution in [0.1, 0.15) is 19.8 Å². The highest BCUT2D eigenvalue weighted by molar-refractivity contribution is 7.89. The van der Waals surface area contributed by atoms with E-state index in [1.807, 2.05) is 12.1 Å². The molecule has 2 aliphatic rings. The summed E-state index contributed by atoms with van der Waals surface area (Å²) in [5.41, 5.74) is 0.824. The molecule has 122 valence electrons. The van der Waals surface area contributed by atoms with E-state index < -0.39 is 10.0 Å². The van der Waals surface area contributed by atoms with Crippen molar-refractivity contribution >= 4 is 15.7 Å². The molecule has 2 fully saturated rings. The summed E-state index contributed by atoms with van der Waals surface area (Å²) in [6.07, 6.45) is 2.25. The van der Waals surface area contributed by atoms with Gasteiger partial charge >= 0.3 is 0 Å². The highest BCUT2D eigenvalue weighted by atomic mass is 32.2. The minimum absolute atomic E-state index is 0.389. The van der Waals surface area contributed by atoms with Gasteiger partial charge in [0.15, 0.2) is 0 Å². The number of nitrogens with one attached hydrogen (secondary N) is 1. The van der Waals surface area contributed by atoms with Gasteiger partial charge in [0.25, 0.3) is 0 Å². The van der Waals surface area contributed by atoms with Crippen LogP contribution in [0.25, 0.3) is 0 Å². The van der Waals surface area contributed by atoms with Crippen molar-refractivity contribution in [2.45, 2.75) is 24.7 Å². The molecule has 0 bridgehead atoms. The largest absolute Gasteiger partial charge is 0.381 e. The Morgan fingerprint density at radius 3 is 2.82 bits per heavy atom. The number of para-hydroxylation sites is 1. The van der Waals surface area contributed by atoms with E-state index >= 15 is 0 Å². The quantitative estimate of drug-likeness (QED) is 0.898. The third-order valence-electron chi connectivity index (χ3n) is 4.69. The number of benzene rings is 1. The lowest BCUT2D eigenvalue weighted by molar-refractivity contribution is 0.174. The van der Waals surface area contributed by atoms with E-state index in [9.17, 15) is 8.42 Å². The lowest BCUT2D eigenvalue weighted by Crippen LogP contribution is -2.28. The zero-order chi connectivity index (χ0) is 15.6. The summed E-state index contributed by atoms with van der Waals surface area (Å²) in [6, 6.07) is 7.30. The Morgan fingerprint density at radius 1 is 1.27 bits per heavy atom. The van der Waals surface area contributed by atoms with Crippen molar-refractivity contribution in [3.8, 4) is 0 Å². The molecule has 2 aliphatic heterocycles. The third kappa shape index (κ3) is 3.14. The molecule has 1 aromatic carbocycles. The van der Waals surface area contributed by atoms with Gasteiger partial charge in [-0.25, -0.2) is 13.1 Å². The summed E-state index contributed by atoms with van der Waals surface area (Å²) in [5, 5.41) is 0. The summed E-state index contributed by atoms with van der Waals surface area (Å²) >= 11 is 0. The molecule has 0 saturated carbocycles. The monoisotopic (exact) mass is 324 g/mol. The van der Waals surface area contributed by atoms with E-state index in [2.05, 4.69) is 9.62 Å². The first kappa shape index (κ1) is 15.8. The van der Waals surface area contributed by atoms with Gasteiger partial charge in [-0.15, -0.1) is 0 Å². The maximum Gasteiger partial charge on any atom is 0.242 e. The van der Waals surface area contributed by atoms with Crippen LogP contribution in [0.3, 0.4) is 0 Å². The molecule has 0 radical (unpaired) electrons. The number of nitrogens with zero attached hydrogens (tertiary/aromatic N) is 1. The predicted molar refractivity (Wildman–Crippen MR) is 86.6 cm³/mol. The number of ether oxygens (including phenoxy) is 1. The van der Waals surface area contributed by atoms with E-state index in [4.69, 9.17) is 4.74 Å². The smallest absolute Gasteiger partial charge is 0.242 e.